The van der Waals surface area contributed by atoms with Gasteiger partial charge in [0.05, 0.1) is 5.75 Å². The zero-order chi connectivity index (χ0) is 7.28. The second-order valence-electron chi connectivity index (χ2n) is 1.88. The van der Waals surface area contributed by atoms with Crippen molar-refractivity contribution in [2.45, 2.75) is 13.3 Å². The van der Waals surface area contributed by atoms with Crippen molar-refractivity contribution in [3.63, 3.8) is 0 Å². The zero-order valence-electron chi connectivity index (χ0n) is 5.33. The first-order chi connectivity index (χ1) is 4.16. The summed E-state index contributed by atoms with van der Waals surface area (Å²) in [6.07, 6.45) is 5.65. The Labute approximate surface area is 57.9 Å². The van der Waals surface area contributed by atoms with Crippen LogP contribution >= 0.6 is 0 Å². The Hall–Kier alpha value is -0.330. The molecule has 0 fully saturated rings. The monoisotopic (exact) mass is 146 g/mol. The highest BCUT2D eigenvalue weighted by molar-refractivity contribution is 7.79. The van der Waals surface area contributed by atoms with E-state index in [1.165, 1.54) is 0 Å². The van der Waals surface area contributed by atoms with Gasteiger partial charge in [0, 0.05) is 5.92 Å². The molecule has 2 unspecified atom stereocenters. The minimum absolute atomic E-state index is 0.112. The average Bonchev–Trinajstić information content (AvgIpc) is 1.83. The molecule has 0 bridgehead atoms. The molecule has 3 heteroatoms. The average molecular weight is 146 g/mol. The minimum Gasteiger partial charge on any atom is -0.306 e. The zero-order valence-corrected chi connectivity index (χ0v) is 6.15. The first-order valence-corrected chi connectivity index (χ1v) is 3.98. The molecule has 2 nitrogen and oxygen atoms in total. The van der Waals surface area contributed by atoms with Crippen LogP contribution < -0.4 is 0 Å². The fraction of sp³-hybridized carbons (Fsp3) is 0.667. The van der Waals surface area contributed by atoms with Gasteiger partial charge < -0.3 is 4.55 Å². The Kier molecular flexibility index (Phi) is 4.37. The first kappa shape index (κ1) is 8.67. The van der Waals surface area contributed by atoms with Crippen molar-refractivity contribution < 1.29 is 8.76 Å². The lowest BCUT2D eigenvalue weighted by atomic mass is 10.1. The van der Waals surface area contributed by atoms with Gasteiger partial charge in [-0.1, -0.05) is 6.92 Å². The summed E-state index contributed by atoms with van der Waals surface area (Å²) in [5.74, 6) is 2.87. The van der Waals surface area contributed by atoms with E-state index in [0.29, 0.717) is 6.42 Å². The summed E-state index contributed by atoms with van der Waals surface area (Å²) in [4.78, 5) is 0. The van der Waals surface area contributed by atoms with Crippen LogP contribution in [0.4, 0.5) is 0 Å². The minimum atomic E-state index is -1.68. The molecule has 0 spiro atoms. The Balaban J connectivity index is 3.30. The molecule has 2 atom stereocenters. The van der Waals surface area contributed by atoms with E-state index in [9.17, 15) is 4.21 Å². The van der Waals surface area contributed by atoms with Gasteiger partial charge in [0.25, 0.3) is 0 Å². The second kappa shape index (κ2) is 4.54. The summed E-state index contributed by atoms with van der Waals surface area (Å²) in [5.41, 5.74) is 0. The number of hydrogen-bond donors (Lipinski definition) is 1. The molecular formula is C6H10O2S. The van der Waals surface area contributed by atoms with Gasteiger partial charge in [-0.05, 0) is 6.42 Å². The van der Waals surface area contributed by atoms with Crippen molar-refractivity contribution in [2.24, 2.45) is 5.92 Å². The van der Waals surface area contributed by atoms with Crippen molar-refractivity contribution >= 4 is 11.1 Å². The molecule has 0 saturated carbocycles. The number of terminal acetylenes is 1. The van der Waals surface area contributed by atoms with Gasteiger partial charge in [-0.25, -0.2) is 4.21 Å². The van der Waals surface area contributed by atoms with E-state index < -0.39 is 11.1 Å². The fourth-order valence-corrected chi connectivity index (χ4v) is 0.916. The van der Waals surface area contributed by atoms with Crippen LogP contribution in [0.2, 0.25) is 0 Å². The van der Waals surface area contributed by atoms with Crippen LogP contribution in [0, 0.1) is 18.3 Å². The number of hydrogen-bond acceptors (Lipinski definition) is 1. The lowest BCUT2D eigenvalue weighted by Gasteiger charge is -1.97. The normalized spacial score (nSPS) is 16.1. The second-order valence-corrected chi connectivity index (χ2v) is 2.93. The predicted molar refractivity (Wildman–Crippen MR) is 38.3 cm³/mol. The van der Waals surface area contributed by atoms with Crippen LogP contribution in [0.25, 0.3) is 0 Å². The molecule has 0 aromatic carbocycles. The highest BCUT2D eigenvalue weighted by Crippen LogP contribution is 1.98. The van der Waals surface area contributed by atoms with Crippen LogP contribution in [0.5, 0.6) is 0 Å². The molecule has 0 radical (unpaired) electrons. The molecule has 0 aliphatic carbocycles. The Bertz CT molecular complexity index is 136. The van der Waals surface area contributed by atoms with Crippen LogP contribution in [-0.2, 0) is 11.1 Å². The molecule has 0 heterocycles. The third-order valence-electron chi connectivity index (χ3n) is 1.01. The van der Waals surface area contributed by atoms with E-state index in [1.807, 2.05) is 6.92 Å². The molecule has 0 aliphatic heterocycles. The lowest BCUT2D eigenvalue weighted by molar-refractivity contribution is 0.556. The SMILES string of the molecule is C#CC(C)CCS(=O)O. The molecule has 0 amide bonds. The van der Waals surface area contributed by atoms with Crippen molar-refractivity contribution in [2.75, 3.05) is 5.75 Å². The molecule has 9 heavy (non-hydrogen) atoms. The third-order valence-corrected chi connectivity index (χ3v) is 1.59. The van der Waals surface area contributed by atoms with Gasteiger partial charge >= 0.3 is 0 Å². The van der Waals surface area contributed by atoms with Gasteiger partial charge in [0.15, 0.2) is 11.1 Å². The van der Waals surface area contributed by atoms with E-state index in [1.54, 1.807) is 0 Å². The predicted octanol–water partition coefficient (Wildman–Crippen LogP) is 0.867. The van der Waals surface area contributed by atoms with Crippen molar-refractivity contribution in [3.05, 3.63) is 0 Å². The molecule has 0 rings (SSSR count). The van der Waals surface area contributed by atoms with Crippen LogP contribution in [0.3, 0.4) is 0 Å². The lowest BCUT2D eigenvalue weighted by Crippen LogP contribution is -2.00. The molecule has 0 aliphatic rings. The van der Waals surface area contributed by atoms with E-state index in [2.05, 4.69) is 5.92 Å². The molecule has 0 saturated heterocycles. The first-order valence-electron chi connectivity index (χ1n) is 2.70. The van der Waals surface area contributed by atoms with E-state index in [-0.39, 0.29) is 11.7 Å². The van der Waals surface area contributed by atoms with E-state index >= 15 is 0 Å². The van der Waals surface area contributed by atoms with E-state index in [0.717, 1.165) is 0 Å². The highest BCUT2D eigenvalue weighted by atomic mass is 32.2. The topological polar surface area (TPSA) is 37.3 Å². The molecule has 52 valence electrons. The molecule has 0 aromatic rings. The Morgan fingerprint density at radius 3 is 2.78 bits per heavy atom. The number of rotatable bonds is 3. The summed E-state index contributed by atoms with van der Waals surface area (Å²) < 4.78 is 18.4. The van der Waals surface area contributed by atoms with Gasteiger partial charge in [0.1, 0.15) is 0 Å². The largest absolute Gasteiger partial charge is 0.306 e. The van der Waals surface area contributed by atoms with Crippen molar-refractivity contribution in [3.8, 4) is 12.3 Å². The summed E-state index contributed by atoms with van der Waals surface area (Å²) in [7, 11) is 0. The van der Waals surface area contributed by atoms with Crippen molar-refractivity contribution in [1.29, 1.82) is 0 Å². The van der Waals surface area contributed by atoms with Gasteiger partial charge in [-0.2, -0.15) is 0 Å². The fourth-order valence-electron chi connectivity index (χ4n) is 0.361. The Morgan fingerprint density at radius 2 is 2.44 bits per heavy atom. The highest BCUT2D eigenvalue weighted by Gasteiger charge is 1.98. The van der Waals surface area contributed by atoms with E-state index in [4.69, 9.17) is 11.0 Å². The summed E-state index contributed by atoms with van der Waals surface area (Å²) in [6, 6.07) is 0. The molecule has 0 aromatic heterocycles. The standard InChI is InChI=1S/C6H10O2S/c1-3-6(2)4-5-9(7)8/h1,6H,4-5H2,2H3,(H,7,8). The third kappa shape index (κ3) is 5.54. The maximum absolute atomic E-state index is 10.1. The van der Waals surface area contributed by atoms with Crippen molar-refractivity contribution in [1.82, 2.24) is 0 Å². The van der Waals surface area contributed by atoms with Gasteiger partial charge in [0.2, 0.25) is 0 Å². The van der Waals surface area contributed by atoms with Crippen LogP contribution in [0.1, 0.15) is 13.3 Å². The maximum Gasteiger partial charge on any atom is 0.152 e. The molecular weight excluding hydrogens is 136 g/mol. The van der Waals surface area contributed by atoms with Crippen LogP contribution in [-0.4, -0.2) is 14.5 Å². The smallest absolute Gasteiger partial charge is 0.152 e. The van der Waals surface area contributed by atoms with Gasteiger partial charge in [-0.3, -0.25) is 0 Å². The van der Waals surface area contributed by atoms with Gasteiger partial charge in [-0.15, -0.1) is 12.3 Å². The summed E-state index contributed by atoms with van der Waals surface area (Å²) >= 11 is -1.68. The van der Waals surface area contributed by atoms with Crippen LogP contribution in [0.15, 0.2) is 0 Å². The summed E-state index contributed by atoms with van der Waals surface area (Å²) in [6.45, 7) is 1.85. The maximum atomic E-state index is 10.1. The Morgan fingerprint density at radius 1 is 1.89 bits per heavy atom. The summed E-state index contributed by atoms with van der Waals surface area (Å²) in [5, 5.41) is 0. The quantitative estimate of drug-likeness (QED) is 0.474. The molecule has 1 N–H and O–H groups in total.